The van der Waals surface area contributed by atoms with Crippen LogP contribution in [0.25, 0.3) is 0 Å². The van der Waals surface area contributed by atoms with Gasteiger partial charge in [0.1, 0.15) is 6.10 Å². The number of hydrogen-bond acceptors (Lipinski definition) is 5. The molecule has 0 bridgehead atoms. The lowest BCUT2D eigenvalue weighted by Gasteiger charge is -2.37. The minimum atomic E-state index is -0.218. The van der Waals surface area contributed by atoms with Crippen molar-refractivity contribution in [2.24, 2.45) is 4.99 Å². The molecule has 158 valence electrons. The highest BCUT2D eigenvalue weighted by Crippen LogP contribution is 2.16. The van der Waals surface area contributed by atoms with Crippen LogP contribution in [-0.2, 0) is 22.4 Å². The summed E-state index contributed by atoms with van der Waals surface area (Å²) in [6.07, 6.45) is 3.49. The van der Waals surface area contributed by atoms with Crippen LogP contribution < -0.4 is 5.32 Å². The van der Waals surface area contributed by atoms with Gasteiger partial charge < -0.3 is 19.9 Å². The molecule has 1 atom stereocenters. The van der Waals surface area contributed by atoms with Gasteiger partial charge in [-0.15, -0.1) is 35.3 Å². The molecule has 2 aliphatic rings. The second kappa shape index (κ2) is 11.9. The van der Waals surface area contributed by atoms with Gasteiger partial charge in [0.2, 0.25) is 0 Å². The number of aryl methyl sites for hydroxylation is 1. The van der Waals surface area contributed by atoms with E-state index in [1.807, 2.05) is 4.90 Å². The topological polar surface area (TPSA) is 70.1 Å². The number of carbonyl (C=O) groups is 1. The lowest BCUT2D eigenvalue weighted by atomic mass is 10.2. The van der Waals surface area contributed by atoms with Crippen molar-refractivity contribution in [2.45, 2.75) is 45.6 Å². The Hall–Kier alpha value is -0.940. The van der Waals surface area contributed by atoms with Gasteiger partial charge >= 0.3 is 0 Å². The summed E-state index contributed by atoms with van der Waals surface area (Å²) < 4.78 is 5.54. The van der Waals surface area contributed by atoms with Crippen LogP contribution in [-0.4, -0.2) is 78.6 Å². The van der Waals surface area contributed by atoms with Crippen molar-refractivity contribution < 1.29 is 9.53 Å². The number of guanidine groups is 1. The first-order chi connectivity index (χ1) is 13.2. The molecule has 3 rings (SSSR count). The van der Waals surface area contributed by atoms with E-state index >= 15 is 0 Å². The van der Waals surface area contributed by atoms with E-state index in [1.165, 1.54) is 5.01 Å². The molecule has 3 heterocycles. The highest BCUT2D eigenvalue weighted by Gasteiger charge is 2.30. The molecule has 1 unspecified atom stereocenters. The number of aromatic nitrogens is 1. The molecule has 2 aliphatic heterocycles. The predicted molar refractivity (Wildman–Crippen MR) is 124 cm³/mol. The summed E-state index contributed by atoms with van der Waals surface area (Å²) in [6, 6.07) is 0. The second-order valence-electron chi connectivity index (χ2n) is 6.89. The maximum absolute atomic E-state index is 12.5. The summed E-state index contributed by atoms with van der Waals surface area (Å²) in [7, 11) is 0. The largest absolute Gasteiger partial charge is 0.368 e. The summed E-state index contributed by atoms with van der Waals surface area (Å²) in [5.41, 5.74) is 1.13. The third-order valence-electron chi connectivity index (χ3n) is 4.96. The number of ether oxygens (including phenoxy) is 1. The van der Waals surface area contributed by atoms with Gasteiger partial charge in [-0.1, -0.05) is 6.92 Å². The number of rotatable bonds is 6. The van der Waals surface area contributed by atoms with Crippen molar-refractivity contribution in [3.05, 3.63) is 16.1 Å². The monoisotopic (exact) mass is 521 g/mol. The first-order valence-electron chi connectivity index (χ1n) is 10.1. The zero-order valence-electron chi connectivity index (χ0n) is 16.9. The smallest absolute Gasteiger partial charge is 0.251 e. The summed E-state index contributed by atoms with van der Waals surface area (Å²) in [6.45, 7) is 9.57. The Bertz CT molecular complexity index is 640. The van der Waals surface area contributed by atoms with Crippen LogP contribution in [0.2, 0.25) is 0 Å². The van der Waals surface area contributed by atoms with Crippen LogP contribution in [0, 0.1) is 0 Å². The molecular weight excluding hydrogens is 489 g/mol. The Morgan fingerprint density at radius 2 is 2.07 bits per heavy atom. The molecule has 1 aromatic rings. The molecule has 28 heavy (non-hydrogen) atoms. The Balaban J connectivity index is 0.00000280. The molecule has 1 aromatic heterocycles. The van der Waals surface area contributed by atoms with Crippen LogP contribution in [0.1, 0.15) is 37.4 Å². The predicted octanol–water partition coefficient (Wildman–Crippen LogP) is 2.15. The number of hydrogen-bond donors (Lipinski definition) is 1. The highest BCUT2D eigenvalue weighted by atomic mass is 127. The fraction of sp³-hybridized carbons (Fsp3) is 0.737. The summed E-state index contributed by atoms with van der Waals surface area (Å²) in [4.78, 5) is 26.1. The molecule has 0 spiro atoms. The lowest BCUT2D eigenvalue weighted by molar-refractivity contribution is -0.142. The van der Waals surface area contributed by atoms with E-state index < -0.39 is 0 Å². The molecule has 1 amide bonds. The molecule has 9 heteroatoms. The van der Waals surface area contributed by atoms with E-state index in [9.17, 15) is 4.79 Å². The first-order valence-corrected chi connectivity index (χ1v) is 11.0. The number of thiazole rings is 1. The molecule has 0 aliphatic carbocycles. The van der Waals surface area contributed by atoms with E-state index in [0.717, 1.165) is 76.6 Å². The summed E-state index contributed by atoms with van der Waals surface area (Å²) in [5.74, 6) is 1.09. The molecule has 7 nitrogen and oxygen atoms in total. The van der Waals surface area contributed by atoms with Gasteiger partial charge in [-0.05, 0) is 26.2 Å². The quantitative estimate of drug-likeness (QED) is 0.353. The van der Waals surface area contributed by atoms with Crippen molar-refractivity contribution in [3.63, 3.8) is 0 Å². The first kappa shape index (κ1) is 23.3. The number of nitrogens with one attached hydrogen (secondary N) is 1. The van der Waals surface area contributed by atoms with Crippen molar-refractivity contribution in [1.29, 1.82) is 0 Å². The number of amides is 1. The highest BCUT2D eigenvalue weighted by molar-refractivity contribution is 14.0. The Kier molecular flexibility index (Phi) is 9.93. The van der Waals surface area contributed by atoms with Crippen LogP contribution in [0.4, 0.5) is 0 Å². The molecule has 0 saturated carbocycles. The average Bonchev–Trinajstić information content (AvgIpc) is 3.39. The van der Waals surface area contributed by atoms with Crippen molar-refractivity contribution in [1.82, 2.24) is 20.1 Å². The normalized spacial score (nSPS) is 20.2. The number of aliphatic imine (C=N–C) groups is 1. The molecule has 1 N–H and O–H groups in total. The van der Waals surface area contributed by atoms with Gasteiger partial charge in [0.25, 0.3) is 5.91 Å². The van der Waals surface area contributed by atoms with E-state index in [4.69, 9.17) is 9.73 Å². The van der Waals surface area contributed by atoms with Crippen molar-refractivity contribution >= 4 is 47.2 Å². The van der Waals surface area contributed by atoms with E-state index in [-0.39, 0.29) is 36.0 Å². The Labute approximate surface area is 189 Å². The third-order valence-corrected chi connectivity index (χ3v) is 6.00. The van der Waals surface area contributed by atoms with Gasteiger partial charge in [0, 0.05) is 57.7 Å². The standard InChI is InChI=1S/C19H31N5O2S.HI/c1-3-17-22-15(14-27-17)7-8-21-19(20-4-2)24-11-9-23(10-12-24)18(25)16-6-5-13-26-16;/h14,16H,3-13H2,1-2H3,(H,20,21);1H. The molecule has 0 radical (unpaired) electrons. The minimum absolute atomic E-state index is 0. The lowest BCUT2D eigenvalue weighted by Crippen LogP contribution is -2.55. The maximum atomic E-state index is 12.5. The van der Waals surface area contributed by atoms with Crippen molar-refractivity contribution in [3.8, 4) is 0 Å². The molecule has 2 fully saturated rings. The Morgan fingerprint density at radius 1 is 1.32 bits per heavy atom. The molecular formula is C19H32IN5O2S. The SMILES string of the molecule is CCNC(=NCCc1csc(CC)n1)N1CCN(C(=O)C2CCCO2)CC1.I. The van der Waals surface area contributed by atoms with Gasteiger partial charge in [0.15, 0.2) is 5.96 Å². The van der Waals surface area contributed by atoms with E-state index in [1.54, 1.807) is 11.3 Å². The number of nitrogens with zero attached hydrogens (tertiary/aromatic N) is 4. The maximum Gasteiger partial charge on any atom is 0.251 e. The minimum Gasteiger partial charge on any atom is -0.368 e. The fourth-order valence-electron chi connectivity index (χ4n) is 3.44. The third kappa shape index (κ3) is 6.28. The number of piperazine rings is 1. The van der Waals surface area contributed by atoms with Crippen LogP contribution in [0.15, 0.2) is 10.4 Å². The van der Waals surface area contributed by atoms with Crippen molar-refractivity contribution in [2.75, 3.05) is 45.9 Å². The van der Waals surface area contributed by atoms with E-state index in [2.05, 4.69) is 34.4 Å². The number of carbonyl (C=O) groups excluding carboxylic acids is 1. The molecule has 2 saturated heterocycles. The summed E-state index contributed by atoms with van der Waals surface area (Å²) >= 11 is 1.73. The summed E-state index contributed by atoms with van der Waals surface area (Å²) in [5, 5.41) is 6.71. The van der Waals surface area contributed by atoms with Gasteiger partial charge in [0.05, 0.1) is 10.7 Å². The van der Waals surface area contributed by atoms with Crippen LogP contribution in [0.5, 0.6) is 0 Å². The van der Waals surface area contributed by atoms with E-state index in [0.29, 0.717) is 6.61 Å². The Morgan fingerprint density at radius 3 is 2.68 bits per heavy atom. The van der Waals surface area contributed by atoms with Crippen LogP contribution in [0.3, 0.4) is 0 Å². The van der Waals surface area contributed by atoms with Gasteiger partial charge in [-0.3, -0.25) is 9.79 Å². The van der Waals surface area contributed by atoms with Crippen LogP contribution >= 0.6 is 35.3 Å². The van der Waals surface area contributed by atoms with Gasteiger partial charge in [-0.2, -0.15) is 0 Å². The zero-order valence-corrected chi connectivity index (χ0v) is 20.0. The fourth-order valence-corrected chi connectivity index (χ4v) is 4.22. The molecule has 0 aromatic carbocycles. The zero-order chi connectivity index (χ0) is 19.1. The number of halogens is 1. The second-order valence-corrected chi connectivity index (χ2v) is 7.83. The average molecular weight is 521 g/mol. The van der Waals surface area contributed by atoms with Gasteiger partial charge in [-0.25, -0.2) is 4.98 Å².